The number of rotatable bonds is 5. The molecule has 1 aliphatic rings. The second-order valence-corrected chi connectivity index (χ2v) is 5.20. The van der Waals surface area contributed by atoms with Crippen molar-refractivity contribution >= 4 is 5.69 Å². The van der Waals surface area contributed by atoms with Crippen LogP contribution in [0.2, 0.25) is 0 Å². The molecule has 2 nitrogen and oxygen atoms in total. The summed E-state index contributed by atoms with van der Waals surface area (Å²) in [6, 6.07) is 8.61. The highest BCUT2D eigenvalue weighted by molar-refractivity contribution is 5.59. The van der Waals surface area contributed by atoms with E-state index in [1.165, 1.54) is 11.3 Å². The smallest absolute Gasteiger partial charge is 0.0878 e. The zero-order chi connectivity index (χ0) is 13.2. The van der Waals surface area contributed by atoms with E-state index >= 15 is 0 Å². The molecule has 0 aliphatic carbocycles. The lowest BCUT2D eigenvalue weighted by Gasteiger charge is -2.39. The van der Waals surface area contributed by atoms with Crippen LogP contribution in [0.1, 0.15) is 32.3 Å². The van der Waals surface area contributed by atoms with Crippen molar-refractivity contribution in [1.29, 1.82) is 0 Å². The van der Waals surface area contributed by atoms with Crippen LogP contribution in [0.4, 0.5) is 5.69 Å². The molecule has 0 aromatic heterocycles. The maximum atomic E-state index is 10.8. The third kappa shape index (κ3) is 2.17. The minimum absolute atomic E-state index is 0.115. The average molecular weight is 245 g/mol. The largest absolute Gasteiger partial charge is 0.387 e. The molecule has 0 saturated heterocycles. The number of benzene rings is 1. The third-order valence-electron chi connectivity index (χ3n) is 4.28. The number of nitrogens with zero attached hydrogens (tertiary/aromatic N) is 1. The Morgan fingerprint density at radius 1 is 1.50 bits per heavy atom. The molecule has 0 spiro atoms. The van der Waals surface area contributed by atoms with Crippen molar-refractivity contribution < 1.29 is 5.11 Å². The Kier molecular flexibility index (Phi) is 3.76. The Bertz CT molecular complexity index is 429. The molecular weight excluding hydrogens is 222 g/mol. The molecule has 0 bridgehead atoms. The maximum Gasteiger partial charge on any atom is 0.0878 e. The number of fused-ring (bicyclic) bond motifs is 1. The van der Waals surface area contributed by atoms with Gasteiger partial charge in [0, 0.05) is 12.2 Å². The molecule has 1 aromatic carbocycles. The highest BCUT2D eigenvalue weighted by Gasteiger charge is 2.36. The fourth-order valence-corrected chi connectivity index (χ4v) is 2.92. The van der Waals surface area contributed by atoms with Crippen LogP contribution in [0.15, 0.2) is 36.9 Å². The maximum absolute atomic E-state index is 10.8. The fraction of sp³-hybridized carbons (Fsp3) is 0.500. The summed E-state index contributed by atoms with van der Waals surface area (Å²) >= 11 is 0. The number of hydrogen-bond donors (Lipinski definition) is 1. The van der Waals surface area contributed by atoms with Gasteiger partial charge in [-0.25, -0.2) is 0 Å². The molecule has 0 radical (unpaired) electrons. The topological polar surface area (TPSA) is 23.5 Å². The molecule has 2 atom stereocenters. The van der Waals surface area contributed by atoms with Gasteiger partial charge in [-0.15, -0.1) is 6.58 Å². The van der Waals surface area contributed by atoms with Crippen molar-refractivity contribution in [3.8, 4) is 0 Å². The summed E-state index contributed by atoms with van der Waals surface area (Å²) in [5.41, 5.74) is 1.99. The molecule has 98 valence electrons. The number of aliphatic hydroxyl groups is 1. The van der Waals surface area contributed by atoms with Gasteiger partial charge >= 0.3 is 0 Å². The highest BCUT2D eigenvalue weighted by atomic mass is 16.3. The van der Waals surface area contributed by atoms with E-state index in [0.717, 1.165) is 19.4 Å². The van der Waals surface area contributed by atoms with E-state index in [-0.39, 0.29) is 6.04 Å². The Labute approximate surface area is 110 Å². The van der Waals surface area contributed by atoms with Crippen LogP contribution in [0.3, 0.4) is 0 Å². The fourth-order valence-electron chi connectivity index (χ4n) is 2.92. The van der Waals surface area contributed by atoms with Gasteiger partial charge < -0.3 is 10.0 Å². The van der Waals surface area contributed by atoms with Gasteiger partial charge in [0.15, 0.2) is 0 Å². The van der Waals surface area contributed by atoms with Crippen LogP contribution in [0, 0.1) is 0 Å². The van der Waals surface area contributed by atoms with E-state index in [0.29, 0.717) is 6.42 Å². The van der Waals surface area contributed by atoms with Gasteiger partial charge in [0.1, 0.15) is 0 Å². The molecule has 0 unspecified atom stereocenters. The first-order valence-electron chi connectivity index (χ1n) is 6.80. The zero-order valence-electron chi connectivity index (χ0n) is 11.4. The molecule has 0 saturated carbocycles. The summed E-state index contributed by atoms with van der Waals surface area (Å²) in [6.45, 7) is 8.93. The number of anilines is 1. The van der Waals surface area contributed by atoms with Crippen molar-refractivity contribution in [1.82, 2.24) is 0 Å². The lowest BCUT2D eigenvalue weighted by atomic mass is 9.88. The second kappa shape index (κ2) is 5.15. The first-order valence-corrected chi connectivity index (χ1v) is 6.80. The Morgan fingerprint density at radius 3 is 2.89 bits per heavy atom. The Morgan fingerprint density at radius 2 is 2.22 bits per heavy atom. The zero-order valence-corrected chi connectivity index (χ0v) is 11.4. The van der Waals surface area contributed by atoms with Crippen LogP contribution >= 0.6 is 0 Å². The summed E-state index contributed by atoms with van der Waals surface area (Å²) in [4.78, 5) is 2.34. The van der Waals surface area contributed by atoms with Gasteiger partial charge in [0.25, 0.3) is 0 Å². The first-order chi connectivity index (χ1) is 8.62. The standard InChI is InChI=1S/C16H23NO/c1-4-11-16(18,5-2)13(3)17-12-10-14-8-6-7-9-15(14)17/h4,6-9,13,18H,1,5,10-12H2,2-3H3/t13-,16+/m1/s1. The SMILES string of the molecule is C=CC[C@@](O)(CC)[C@@H](C)N1CCc2ccccc21. The van der Waals surface area contributed by atoms with E-state index in [1.807, 2.05) is 13.0 Å². The van der Waals surface area contributed by atoms with Gasteiger partial charge in [-0.05, 0) is 37.8 Å². The molecule has 1 aliphatic heterocycles. The van der Waals surface area contributed by atoms with Gasteiger partial charge in [0.05, 0.1) is 11.6 Å². The molecule has 1 N–H and O–H groups in total. The van der Waals surface area contributed by atoms with Crippen LogP contribution < -0.4 is 4.90 Å². The summed E-state index contributed by atoms with van der Waals surface area (Å²) in [5, 5.41) is 10.8. The van der Waals surface area contributed by atoms with Gasteiger partial charge in [0.2, 0.25) is 0 Å². The molecule has 0 amide bonds. The van der Waals surface area contributed by atoms with Gasteiger partial charge in [-0.2, -0.15) is 0 Å². The third-order valence-corrected chi connectivity index (χ3v) is 4.28. The average Bonchev–Trinajstić information content (AvgIpc) is 2.81. The van der Waals surface area contributed by atoms with Crippen LogP contribution in [0.25, 0.3) is 0 Å². The Balaban J connectivity index is 2.25. The number of hydrogen-bond acceptors (Lipinski definition) is 2. The van der Waals surface area contributed by atoms with Crippen molar-refractivity contribution in [2.24, 2.45) is 0 Å². The molecule has 0 fully saturated rings. The summed E-state index contributed by atoms with van der Waals surface area (Å²) in [6.07, 6.45) is 4.29. The quantitative estimate of drug-likeness (QED) is 0.806. The summed E-state index contributed by atoms with van der Waals surface area (Å²) in [5.74, 6) is 0. The minimum atomic E-state index is -0.681. The summed E-state index contributed by atoms with van der Waals surface area (Å²) in [7, 11) is 0. The molecule has 1 heterocycles. The molecule has 1 aromatic rings. The van der Waals surface area contributed by atoms with Crippen molar-refractivity contribution in [2.75, 3.05) is 11.4 Å². The lowest BCUT2D eigenvalue weighted by Crippen LogP contribution is -2.50. The van der Waals surface area contributed by atoms with Crippen molar-refractivity contribution in [2.45, 2.75) is 44.8 Å². The monoisotopic (exact) mass is 245 g/mol. The molecule has 18 heavy (non-hydrogen) atoms. The molecule has 2 rings (SSSR count). The minimum Gasteiger partial charge on any atom is -0.387 e. The van der Waals surface area contributed by atoms with Crippen molar-refractivity contribution in [3.05, 3.63) is 42.5 Å². The van der Waals surface area contributed by atoms with E-state index in [1.54, 1.807) is 0 Å². The van der Waals surface area contributed by atoms with E-state index in [4.69, 9.17) is 0 Å². The molecular formula is C16H23NO. The first kappa shape index (κ1) is 13.2. The highest BCUT2D eigenvalue weighted by Crippen LogP contribution is 2.34. The predicted octanol–water partition coefficient (Wildman–Crippen LogP) is 3.15. The molecule has 2 heteroatoms. The van der Waals surface area contributed by atoms with Crippen LogP contribution in [-0.2, 0) is 6.42 Å². The van der Waals surface area contributed by atoms with Crippen LogP contribution in [-0.4, -0.2) is 23.3 Å². The van der Waals surface area contributed by atoms with Crippen molar-refractivity contribution in [3.63, 3.8) is 0 Å². The van der Waals surface area contributed by atoms with Gasteiger partial charge in [-0.3, -0.25) is 0 Å². The van der Waals surface area contributed by atoms with Gasteiger partial charge in [-0.1, -0.05) is 31.2 Å². The predicted molar refractivity (Wildman–Crippen MR) is 77.0 cm³/mol. The number of para-hydroxylation sites is 1. The van der Waals surface area contributed by atoms with E-state index < -0.39 is 5.60 Å². The Hall–Kier alpha value is -1.28. The summed E-state index contributed by atoms with van der Waals surface area (Å²) < 4.78 is 0. The lowest BCUT2D eigenvalue weighted by molar-refractivity contribution is 0.0163. The van der Waals surface area contributed by atoms with Crippen LogP contribution in [0.5, 0.6) is 0 Å². The van der Waals surface area contributed by atoms with E-state index in [2.05, 4.69) is 42.7 Å². The second-order valence-electron chi connectivity index (χ2n) is 5.20. The van der Waals surface area contributed by atoms with E-state index in [9.17, 15) is 5.11 Å². The normalized spacial score (nSPS) is 19.2.